The predicted octanol–water partition coefficient (Wildman–Crippen LogP) is -3.34. The first kappa shape index (κ1) is 23.1. The Labute approximate surface area is 115 Å². The van der Waals surface area contributed by atoms with Gasteiger partial charge < -0.3 is 10.4 Å². The molecule has 0 heterocycles. The molecule has 11 heavy (non-hydrogen) atoms. The maximum Gasteiger partial charge on any atom is 1.00 e. The normalized spacial score (nSPS) is 7.82. The molecule has 0 aromatic heterocycles. The van der Waals surface area contributed by atoms with Gasteiger partial charge >= 0.3 is 59.6 Å². The predicted molar refractivity (Wildman–Crippen MR) is 41.6 cm³/mol. The Morgan fingerprint density at radius 1 is 1.45 bits per heavy atom. The van der Waals surface area contributed by atoms with Crippen molar-refractivity contribution in [2.75, 3.05) is 11.5 Å². The van der Waals surface area contributed by atoms with Gasteiger partial charge in [0, 0.05) is 0 Å². The third-order valence-corrected chi connectivity index (χ3v) is 1.34. The minimum Gasteiger partial charge on any atom is -0.870 e. The quantitative estimate of drug-likeness (QED) is 0.231. The number of hydrogen-bond donors (Lipinski definition) is 1. The molecule has 1 atom stereocenters. The molecule has 0 amide bonds. The van der Waals surface area contributed by atoms with Gasteiger partial charge in [0.2, 0.25) is 0 Å². The van der Waals surface area contributed by atoms with Gasteiger partial charge in [-0.05, 0) is 30.2 Å². The van der Waals surface area contributed by atoms with Gasteiger partial charge in [-0.1, -0.05) is 0 Å². The van der Waals surface area contributed by atoms with E-state index in [2.05, 4.69) is 13.8 Å². The van der Waals surface area contributed by atoms with Gasteiger partial charge in [-0.25, -0.2) is 0 Å². The molecule has 0 spiro atoms. The third-order valence-electron chi connectivity index (χ3n) is 0.447. The first-order valence-electron chi connectivity index (χ1n) is 2.61. The van der Waals surface area contributed by atoms with Crippen molar-refractivity contribution in [1.29, 1.82) is 0 Å². The zero-order valence-electron chi connectivity index (χ0n) is 7.02. The van der Waals surface area contributed by atoms with Gasteiger partial charge in [-0.2, -0.15) is 4.89 Å². The Morgan fingerprint density at radius 3 is 1.64 bits per heavy atom. The number of rotatable bonds is 2. The fraction of sp³-hybridized carbons (Fsp3) is 1.00. The number of thiol groups is 1. The third kappa shape index (κ3) is 75.6. The summed E-state index contributed by atoms with van der Waals surface area (Å²) in [5.41, 5.74) is 0. The van der Waals surface area contributed by atoms with Crippen LogP contribution in [0.15, 0.2) is 0 Å². The molecule has 0 aromatic rings. The molecule has 0 fully saturated rings. The standard InChI is InChI=1S/C4H10S.K.HO3P.H2O/c1-3-5-4-2;;1-4(2)3;/h3-4H2,1-2H3;;(H,1,2,3);1H2/q;+1;;. The van der Waals surface area contributed by atoms with Gasteiger partial charge in [-0.3, -0.25) is 0 Å². The Morgan fingerprint density at radius 2 is 1.64 bits per heavy atom. The zero-order chi connectivity index (χ0) is 7.70. The summed E-state index contributed by atoms with van der Waals surface area (Å²) in [4.78, 5) is 15.6. The molecule has 1 unspecified atom stereocenters. The van der Waals surface area contributed by atoms with Crippen LogP contribution >= 0.6 is 8.25 Å². The van der Waals surface area contributed by atoms with Gasteiger partial charge in [0.1, 0.15) is 11.5 Å². The molecule has 0 rings (SSSR count). The van der Waals surface area contributed by atoms with Crippen molar-refractivity contribution in [2.24, 2.45) is 0 Å². The summed E-state index contributed by atoms with van der Waals surface area (Å²) in [6.45, 7) is 4.40. The van der Waals surface area contributed by atoms with E-state index in [1.165, 1.54) is 11.5 Å². The van der Waals surface area contributed by atoms with Gasteiger partial charge in [-0.15, -0.1) is 0 Å². The van der Waals surface area contributed by atoms with E-state index in [0.717, 1.165) is 0 Å². The molecule has 0 bridgehead atoms. The summed E-state index contributed by atoms with van der Waals surface area (Å²) in [6.07, 6.45) is 0. The van der Waals surface area contributed by atoms with E-state index in [9.17, 15) is 0 Å². The first-order valence-corrected chi connectivity index (χ1v) is 5.01. The average Bonchev–Trinajstić information content (AvgIpc) is 1.66. The SMILES string of the molecule is CC[SH+]CC.O=[P+]([O-])O.[K+].[OH-]. The summed E-state index contributed by atoms with van der Waals surface area (Å²) < 4.78 is 8.59. The summed E-state index contributed by atoms with van der Waals surface area (Å²) in [5.74, 6) is 2.63. The van der Waals surface area contributed by atoms with E-state index in [1.807, 2.05) is 0 Å². The van der Waals surface area contributed by atoms with Crippen molar-refractivity contribution in [3.63, 3.8) is 0 Å². The molecule has 2 N–H and O–H groups in total. The minimum atomic E-state index is -3.12. The van der Waals surface area contributed by atoms with E-state index >= 15 is 0 Å². The van der Waals surface area contributed by atoms with Crippen molar-refractivity contribution < 1.29 is 71.2 Å². The molecule has 0 saturated heterocycles. The van der Waals surface area contributed by atoms with Crippen LogP contribution in [0, 0.1) is 0 Å². The van der Waals surface area contributed by atoms with Crippen molar-refractivity contribution in [2.45, 2.75) is 13.8 Å². The Hall–Kier alpha value is 1.97. The van der Waals surface area contributed by atoms with E-state index < -0.39 is 8.25 Å². The molecule has 0 aromatic carbocycles. The first-order chi connectivity index (χ1) is 4.15. The van der Waals surface area contributed by atoms with E-state index in [4.69, 9.17) is 14.4 Å². The Bertz CT molecular complexity index is 69.1. The zero-order valence-corrected chi connectivity index (χ0v) is 11.9. The van der Waals surface area contributed by atoms with Crippen LogP contribution in [-0.4, -0.2) is 21.9 Å². The maximum absolute atomic E-state index is 8.59. The molecule has 0 aliphatic heterocycles. The van der Waals surface area contributed by atoms with Crippen LogP contribution in [0.25, 0.3) is 0 Å². The molecule has 0 aliphatic carbocycles. The Balaban J connectivity index is -0.0000000383. The van der Waals surface area contributed by atoms with Crippen LogP contribution in [0.1, 0.15) is 13.8 Å². The number of hydrogen-bond acceptors (Lipinski definition) is 3. The van der Waals surface area contributed by atoms with Crippen LogP contribution in [0.5, 0.6) is 0 Å². The van der Waals surface area contributed by atoms with Crippen LogP contribution in [0.3, 0.4) is 0 Å². The summed E-state index contributed by atoms with van der Waals surface area (Å²) in [7, 11) is -3.12. The van der Waals surface area contributed by atoms with Crippen molar-refractivity contribution in [3.8, 4) is 0 Å². The van der Waals surface area contributed by atoms with Crippen LogP contribution in [0.4, 0.5) is 0 Å². The molecular formula is C4H13KO4PS+. The summed E-state index contributed by atoms with van der Waals surface area (Å²) in [5, 5.41) is 0. The second-order valence-corrected chi connectivity index (χ2v) is 3.28. The van der Waals surface area contributed by atoms with Crippen LogP contribution in [0.2, 0.25) is 0 Å². The molecule has 0 saturated carbocycles. The summed E-state index contributed by atoms with van der Waals surface area (Å²) >= 11 is 1.58. The van der Waals surface area contributed by atoms with Crippen molar-refractivity contribution in [1.82, 2.24) is 0 Å². The second-order valence-electron chi connectivity index (χ2n) is 1.09. The van der Waals surface area contributed by atoms with Gasteiger partial charge in [0.25, 0.3) is 0 Å². The fourth-order valence-corrected chi connectivity index (χ4v) is 0.671. The van der Waals surface area contributed by atoms with Crippen LogP contribution in [-0.2, 0) is 16.3 Å². The smallest absolute Gasteiger partial charge is 0.870 e. The van der Waals surface area contributed by atoms with E-state index in [-0.39, 0.29) is 56.9 Å². The minimum absolute atomic E-state index is 0. The molecule has 0 aliphatic rings. The van der Waals surface area contributed by atoms with Gasteiger partial charge in [0.05, 0.1) is 0 Å². The topological polar surface area (TPSA) is 90.4 Å². The van der Waals surface area contributed by atoms with Crippen molar-refractivity contribution in [3.05, 3.63) is 0 Å². The fourth-order valence-electron chi connectivity index (χ4n) is 0.224. The van der Waals surface area contributed by atoms with E-state index in [1.54, 1.807) is 11.8 Å². The molecule has 0 radical (unpaired) electrons. The van der Waals surface area contributed by atoms with Gasteiger partial charge in [0.15, 0.2) is 0 Å². The van der Waals surface area contributed by atoms with E-state index in [0.29, 0.717) is 0 Å². The monoisotopic (exact) mass is 227 g/mol. The molecular weight excluding hydrogens is 214 g/mol. The second kappa shape index (κ2) is 22.7. The molecule has 4 nitrogen and oxygen atoms in total. The maximum atomic E-state index is 8.59. The van der Waals surface area contributed by atoms with Crippen LogP contribution < -0.4 is 56.3 Å². The Kier molecular flexibility index (Phi) is 47.6. The molecule has 64 valence electrons. The largest absolute Gasteiger partial charge is 1.00 e. The van der Waals surface area contributed by atoms with Crippen molar-refractivity contribution >= 4 is 20.0 Å². The summed E-state index contributed by atoms with van der Waals surface area (Å²) in [6, 6.07) is 0. The molecule has 7 heteroatoms. The average molecular weight is 227 g/mol.